The number of nitrogens with one attached hydrogen (secondary N) is 1. The molecule has 18 heavy (non-hydrogen) atoms. The van der Waals surface area contributed by atoms with E-state index >= 15 is 0 Å². The second kappa shape index (κ2) is 4.41. The Hall–Kier alpha value is -2.49. The molecule has 4 nitrogen and oxygen atoms in total. The minimum atomic E-state index is 0.763. The molecule has 0 fully saturated rings. The van der Waals surface area contributed by atoms with Crippen molar-refractivity contribution in [3.05, 3.63) is 48.9 Å². The molecule has 0 saturated carbocycles. The van der Waals surface area contributed by atoms with Gasteiger partial charge in [-0.2, -0.15) is 0 Å². The number of hydrogen-bond donors (Lipinski definition) is 1. The first-order valence-corrected chi connectivity index (χ1v) is 5.72. The van der Waals surface area contributed by atoms with Gasteiger partial charge < -0.3 is 5.32 Å². The standard InChI is InChI=1S/C14H12N4/c1-15-14-9-16-8-13(18-14)11-4-5-12-10(7-11)3-2-6-17-12/h2-9H,1H3,(H,15,18). The first-order chi connectivity index (χ1) is 8.86. The fourth-order valence-electron chi connectivity index (χ4n) is 1.86. The van der Waals surface area contributed by atoms with Crippen LogP contribution in [-0.4, -0.2) is 22.0 Å². The maximum Gasteiger partial charge on any atom is 0.144 e. The number of fused-ring (bicyclic) bond motifs is 1. The summed E-state index contributed by atoms with van der Waals surface area (Å²) in [6.07, 6.45) is 5.26. The molecule has 0 aliphatic rings. The fourth-order valence-corrected chi connectivity index (χ4v) is 1.86. The first-order valence-electron chi connectivity index (χ1n) is 5.72. The second-order valence-electron chi connectivity index (χ2n) is 3.95. The number of pyridine rings is 1. The quantitative estimate of drug-likeness (QED) is 0.743. The second-order valence-corrected chi connectivity index (χ2v) is 3.95. The maximum absolute atomic E-state index is 4.47. The Kier molecular flexibility index (Phi) is 2.61. The lowest BCUT2D eigenvalue weighted by atomic mass is 10.1. The fraction of sp³-hybridized carbons (Fsp3) is 0.0714. The predicted octanol–water partition coefficient (Wildman–Crippen LogP) is 2.73. The summed E-state index contributed by atoms with van der Waals surface area (Å²) in [6.45, 7) is 0. The zero-order valence-electron chi connectivity index (χ0n) is 9.96. The van der Waals surface area contributed by atoms with Crippen LogP contribution in [0.25, 0.3) is 22.2 Å². The van der Waals surface area contributed by atoms with Gasteiger partial charge in [-0.25, -0.2) is 4.98 Å². The molecule has 0 aliphatic heterocycles. The summed E-state index contributed by atoms with van der Waals surface area (Å²) < 4.78 is 0. The Morgan fingerprint density at radius 2 is 2.06 bits per heavy atom. The summed E-state index contributed by atoms with van der Waals surface area (Å²) in [5.41, 5.74) is 2.88. The van der Waals surface area contributed by atoms with Gasteiger partial charge in [0.1, 0.15) is 5.82 Å². The van der Waals surface area contributed by atoms with Gasteiger partial charge in [0.15, 0.2) is 0 Å². The largest absolute Gasteiger partial charge is 0.372 e. The predicted molar refractivity (Wildman–Crippen MR) is 72.3 cm³/mol. The third-order valence-corrected chi connectivity index (χ3v) is 2.79. The van der Waals surface area contributed by atoms with Gasteiger partial charge in [0, 0.05) is 24.2 Å². The van der Waals surface area contributed by atoms with E-state index in [1.165, 1.54) is 0 Å². The van der Waals surface area contributed by atoms with Crippen molar-refractivity contribution in [2.45, 2.75) is 0 Å². The van der Waals surface area contributed by atoms with E-state index in [4.69, 9.17) is 0 Å². The van der Waals surface area contributed by atoms with E-state index < -0.39 is 0 Å². The molecule has 88 valence electrons. The Bertz CT molecular complexity index is 694. The van der Waals surface area contributed by atoms with Gasteiger partial charge in [-0.3, -0.25) is 9.97 Å². The van der Waals surface area contributed by atoms with E-state index in [9.17, 15) is 0 Å². The monoisotopic (exact) mass is 236 g/mol. The molecule has 2 aromatic heterocycles. The van der Waals surface area contributed by atoms with Crippen LogP contribution in [0, 0.1) is 0 Å². The van der Waals surface area contributed by atoms with Crippen molar-refractivity contribution in [1.29, 1.82) is 0 Å². The lowest BCUT2D eigenvalue weighted by molar-refractivity contribution is 1.19. The van der Waals surface area contributed by atoms with Crippen LogP contribution in [0.3, 0.4) is 0 Å². The number of aromatic nitrogens is 3. The van der Waals surface area contributed by atoms with Gasteiger partial charge in [-0.15, -0.1) is 0 Å². The van der Waals surface area contributed by atoms with E-state index in [0.29, 0.717) is 0 Å². The van der Waals surface area contributed by atoms with Crippen LogP contribution in [0.2, 0.25) is 0 Å². The molecule has 0 aliphatic carbocycles. The summed E-state index contributed by atoms with van der Waals surface area (Å²) in [4.78, 5) is 12.9. The SMILES string of the molecule is CNc1cncc(-c2ccc3ncccc3c2)n1. The summed E-state index contributed by atoms with van der Waals surface area (Å²) >= 11 is 0. The van der Waals surface area contributed by atoms with Crippen LogP contribution in [0.1, 0.15) is 0 Å². The molecule has 0 atom stereocenters. The topological polar surface area (TPSA) is 50.7 Å². The van der Waals surface area contributed by atoms with E-state index in [2.05, 4.69) is 26.3 Å². The van der Waals surface area contributed by atoms with Crippen molar-refractivity contribution in [2.75, 3.05) is 12.4 Å². The summed E-state index contributed by atoms with van der Waals surface area (Å²) in [5.74, 6) is 0.763. The molecule has 0 radical (unpaired) electrons. The van der Waals surface area contributed by atoms with Crippen LogP contribution >= 0.6 is 0 Å². The molecule has 0 bridgehead atoms. The number of benzene rings is 1. The van der Waals surface area contributed by atoms with Crippen molar-refractivity contribution in [1.82, 2.24) is 15.0 Å². The molecule has 4 heteroatoms. The molecule has 1 aromatic carbocycles. The molecule has 3 rings (SSSR count). The number of nitrogens with zero attached hydrogens (tertiary/aromatic N) is 3. The van der Waals surface area contributed by atoms with Crippen molar-refractivity contribution < 1.29 is 0 Å². The van der Waals surface area contributed by atoms with Crippen molar-refractivity contribution in [3.63, 3.8) is 0 Å². The average molecular weight is 236 g/mol. The molecule has 0 amide bonds. The molecular weight excluding hydrogens is 224 g/mol. The third-order valence-electron chi connectivity index (χ3n) is 2.79. The Morgan fingerprint density at radius 3 is 2.94 bits per heavy atom. The van der Waals surface area contributed by atoms with Gasteiger partial charge >= 0.3 is 0 Å². The maximum atomic E-state index is 4.47. The Morgan fingerprint density at radius 1 is 1.11 bits per heavy atom. The molecule has 0 saturated heterocycles. The molecule has 3 aromatic rings. The minimum Gasteiger partial charge on any atom is -0.372 e. The van der Waals surface area contributed by atoms with Crippen molar-refractivity contribution >= 4 is 16.7 Å². The van der Waals surface area contributed by atoms with Crippen molar-refractivity contribution in [2.24, 2.45) is 0 Å². The molecule has 1 N–H and O–H groups in total. The Labute approximate surface area is 105 Å². The summed E-state index contributed by atoms with van der Waals surface area (Å²) in [5, 5.41) is 4.09. The Balaban J connectivity index is 2.13. The van der Waals surface area contributed by atoms with Crippen LogP contribution in [-0.2, 0) is 0 Å². The summed E-state index contributed by atoms with van der Waals surface area (Å²) in [7, 11) is 1.83. The zero-order chi connectivity index (χ0) is 12.4. The molecule has 2 heterocycles. The lowest BCUT2D eigenvalue weighted by Crippen LogP contribution is -1.95. The highest BCUT2D eigenvalue weighted by atomic mass is 15.0. The molecule has 0 spiro atoms. The smallest absolute Gasteiger partial charge is 0.144 e. The van der Waals surface area contributed by atoms with Gasteiger partial charge in [0.2, 0.25) is 0 Å². The van der Waals surface area contributed by atoms with E-state index in [0.717, 1.165) is 28.0 Å². The highest BCUT2D eigenvalue weighted by Crippen LogP contribution is 2.22. The van der Waals surface area contributed by atoms with Crippen LogP contribution in [0.15, 0.2) is 48.9 Å². The van der Waals surface area contributed by atoms with Crippen LogP contribution < -0.4 is 5.32 Å². The minimum absolute atomic E-state index is 0.763. The molecular formula is C14H12N4. The highest BCUT2D eigenvalue weighted by Gasteiger charge is 2.02. The average Bonchev–Trinajstić information content (AvgIpc) is 2.47. The van der Waals surface area contributed by atoms with Gasteiger partial charge in [0.25, 0.3) is 0 Å². The van der Waals surface area contributed by atoms with Crippen LogP contribution in [0.5, 0.6) is 0 Å². The summed E-state index contributed by atoms with van der Waals surface area (Å²) in [6, 6.07) is 10.1. The van der Waals surface area contributed by atoms with Gasteiger partial charge in [-0.05, 0) is 18.2 Å². The zero-order valence-corrected chi connectivity index (χ0v) is 9.96. The normalized spacial score (nSPS) is 10.5. The third kappa shape index (κ3) is 1.88. The van der Waals surface area contributed by atoms with E-state index in [1.807, 2.05) is 31.3 Å². The first kappa shape index (κ1) is 10.7. The number of anilines is 1. The highest BCUT2D eigenvalue weighted by molar-refractivity contribution is 5.83. The lowest BCUT2D eigenvalue weighted by Gasteiger charge is -2.04. The van der Waals surface area contributed by atoms with E-state index in [1.54, 1.807) is 18.6 Å². The van der Waals surface area contributed by atoms with E-state index in [-0.39, 0.29) is 0 Å². The molecule has 0 unspecified atom stereocenters. The van der Waals surface area contributed by atoms with Crippen molar-refractivity contribution in [3.8, 4) is 11.3 Å². The van der Waals surface area contributed by atoms with Gasteiger partial charge in [-0.1, -0.05) is 12.1 Å². The number of rotatable bonds is 2. The number of hydrogen-bond acceptors (Lipinski definition) is 4. The van der Waals surface area contributed by atoms with Crippen LogP contribution in [0.4, 0.5) is 5.82 Å². The van der Waals surface area contributed by atoms with Gasteiger partial charge in [0.05, 0.1) is 23.6 Å².